The van der Waals surface area contributed by atoms with Gasteiger partial charge < -0.3 is 0 Å². The topological polar surface area (TPSA) is 43.1 Å². The maximum atomic E-state index is 10.3. The predicted octanol–water partition coefficient (Wildman–Crippen LogP) is 4.58. The fourth-order valence-electron chi connectivity index (χ4n) is 0.648. The summed E-state index contributed by atoms with van der Waals surface area (Å²) in [6.45, 7) is 4.00. The number of benzene rings is 1. The van der Waals surface area contributed by atoms with Gasteiger partial charge in [0.25, 0.3) is 5.69 Å². The van der Waals surface area contributed by atoms with Gasteiger partial charge in [0.1, 0.15) is 0 Å². The highest BCUT2D eigenvalue weighted by molar-refractivity contribution is 6.48. The van der Waals surface area contributed by atoms with Crippen LogP contribution in [0.2, 0.25) is 15.1 Å². The van der Waals surface area contributed by atoms with E-state index in [0.717, 1.165) is 12.1 Å². The highest BCUT2D eigenvalue weighted by atomic mass is 35.5. The van der Waals surface area contributed by atoms with Crippen molar-refractivity contribution in [2.24, 2.45) is 0 Å². The summed E-state index contributed by atoms with van der Waals surface area (Å²) >= 11 is 16.7. The third kappa shape index (κ3) is 3.33. The molecule has 14 heavy (non-hydrogen) atoms. The van der Waals surface area contributed by atoms with Crippen molar-refractivity contribution in [3.05, 3.63) is 37.3 Å². The van der Waals surface area contributed by atoms with Gasteiger partial charge in [0.15, 0.2) is 0 Å². The van der Waals surface area contributed by atoms with E-state index in [4.69, 9.17) is 34.8 Å². The first-order valence-corrected chi connectivity index (χ1v) is 4.94. The monoisotopic (exact) mass is 255 g/mol. The average molecular weight is 257 g/mol. The van der Waals surface area contributed by atoms with Gasteiger partial charge in [0.2, 0.25) is 0 Å². The molecule has 78 valence electrons. The van der Waals surface area contributed by atoms with Crippen molar-refractivity contribution in [3.8, 4) is 0 Å². The molecule has 0 unspecified atom stereocenters. The molecular formula is C8H8Cl3NO2. The number of nitro groups is 1. The molecule has 1 rings (SSSR count). The molecule has 6 heteroatoms. The first-order chi connectivity index (χ1) is 6.52. The molecule has 1 aromatic rings. The van der Waals surface area contributed by atoms with Gasteiger partial charge in [-0.15, -0.1) is 0 Å². The van der Waals surface area contributed by atoms with Gasteiger partial charge in [0, 0.05) is 12.1 Å². The highest BCUT2D eigenvalue weighted by Gasteiger charge is 2.12. The lowest BCUT2D eigenvalue weighted by atomic mass is 10.3. The maximum absolute atomic E-state index is 10.3. The Balaban J connectivity index is 0.000000791. The normalized spacial score (nSPS) is 8.93. The minimum absolute atomic E-state index is 0.0795. The summed E-state index contributed by atoms with van der Waals surface area (Å²) in [7, 11) is 0. The van der Waals surface area contributed by atoms with Crippen LogP contribution in [0.3, 0.4) is 0 Å². The van der Waals surface area contributed by atoms with E-state index < -0.39 is 4.92 Å². The van der Waals surface area contributed by atoms with E-state index in [0.29, 0.717) is 0 Å². The third-order valence-electron chi connectivity index (χ3n) is 1.18. The van der Waals surface area contributed by atoms with Gasteiger partial charge in [0.05, 0.1) is 20.0 Å². The molecule has 0 aliphatic carbocycles. The van der Waals surface area contributed by atoms with Gasteiger partial charge in [-0.1, -0.05) is 48.7 Å². The lowest BCUT2D eigenvalue weighted by Gasteiger charge is -1.97. The summed E-state index contributed by atoms with van der Waals surface area (Å²) in [4.78, 5) is 9.67. The average Bonchev–Trinajstić information content (AvgIpc) is 2.16. The number of halogens is 3. The lowest BCUT2D eigenvalue weighted by molar-refractivity contribution is -0.384. The zero-order valence-corrected chi connectivity index (χ0v) is 9.82. The molecule has 0 bridgehead atoms. The van der Waals surface area contributed by atoms with Crippen LogP contribution < -0.4 is 0 Å². The van der Waals surface area contributed by atoms with Gasteiger partial charge in [-0.25, -0.2) is 0 Å². The number of hydrogen-bond acceptors (Lipinski definition) is 2. The summed E-state index contributed by atoms with van der Waals surface area (Å²) in [5.74, 6) is 0. The second kappa shape index (κ2) is 6.06. The number of non-ortho nitro benzene ring substituents is 1. The van der Waals surface area contributed by atoms with Crippen molar-refractivity contribution >= 4 is 40.5 Å². The predicted molar refractivity (Wildman–Crippen MR) is 59.5 cm³/mol. The Morgan fingerprint density at radius 1 is 1.14 bits per heavy atom. The summed E-state index contributed by atoms with van der Waals surface area (Å²) < 4.78 is 0. The summed E-state index contributed by atoms with van der Waals surface area (Å²) in [6, 6.07) is 2.30. The Bertz CT molecular complexity index is 318. The molecule has 0 aliphatic rings. The van der Waals surface area contributed by atoms with Crippen molar-refractivity contribution < 1.29 is 4.92 Å². The van der Waals surface area contributed by atoms with Crippen LogP contribution in [-0.2, 0) is 0 Å². The minimum atomic E-state index is -0.589. The molecule has 0 heterocycles. The van der Waals surface area contributed by atoms with Crippen molar-refractivity contribution in [3.63, 3.8) is 0 Å². The third-order valence-corrected chi connectivity index (χ3v) is 2.38. The molecule has 0 amide bonds. The van der Waals surface area contributed by atoms with Crippen LogP contribution in [0, 0.1) is 10.1 Å². The van der Waals surface area contributed by atoms with Crippen molar-refractivity contribution in [1.82, 2.24) is 0 Å². The molecular weight excluding hydrogens is 248 g/mol. The fourth-order valence-corrected chi connectivity index (χ4v) is 1.23. The first kappa shape index (κ1) is 13.5. The Labute approximate surface area is 96.7 Å². The SMILES string of the molecule is CC.O=[N+]([O-])c1cc(Cl)c(Cl)c(Cl)c1. The number of nitrogens with zero attached hydrogens (tertiary/aromatic N) is 1. The van der Waals surface area contributed by atoms with E-state index in [1.807, 2.05) is 13.8 Å². The molecule has 0 fully saturated rings. The van der Waals surface area contributed by atoms with Crippen LogP contribution in [0.1, 0.15) is 13.8 Å². The molecule has 0 N–H and O–H groups in total. The molecule has 0 aliphatic heterocycles. The van der Waals surface area contributed by atoms with Crippen molar-refractivity contribution in [2.45, 2.75) is 13.8 Å². The molecule has 1 aromatic carbocycles. The van der Waals surface area contributed by atoms with Crippen LogP contribution in [0.25, 0.3) is 0 Å². The van der Waals surface area contributed by atoms with E-state index in [9.17, 15) is 10.1 Å². The molecule has 0 aromatic heterocycles. The number of hydrogen-bond donors (Lipinski definition) is 0. The van der Waals surface area contributed by atoms with Gasteiger partial charge in [-0.3, -0.25) is 10.1 Å². The van der Waals surface area contributed by atoms with Gasteiger partial charge in [-0.05, 0) is 0 Å². The largest absolute Gasteiger partial charge is 0.272 e. The van der Waals surface area contributed by atoms with E-state index in [1.54, 1.807) is 0 Å². The smallest absolute Gasteiger partial charge is 0.258 e. The molecule has 0 spiro atoms. The molecule has 0 saturated carbocycles. The summed E-state index contributed by atoms with van der Waals surface area (Å²) in [5.41, 5.74) is -0.172. The van der Waals surface area contributed by atoms with Crippen molar-refractivity contribution in [2.75, 3.05) is 0 Å². The van der Waals surface area contributed by atoms with Gasteiger partial charge >= 0.3 is 0 Å². The van der Waals surface area contributed by atoms with Crippen LogP contribution >= 0.6 is 34.8 Å². The molecule has 0 radical (unpaired) electrons. The second-order valence-corrected chi connectivity index (χ2v) is 3.17. The summed E-state index contributed by atoms with van der Waals surface area (Å²) in [5, 5.41) is 10.5. The van der Waals surface area contributed by atoms with E-state index >= 15 is 0 Å². The molecule has 0 saturated heterocycles. The van der Waals surface area contributed by atoms with E-state index in [2.05, 4.69) is 0 Å². The van der Waals surface area contributed by atoms with E-state index in [-0.39, 0.29) is 20.8 Å². The Kier molecular flexibility index (Phi) is 5.84. The molecule has 0 atom stereocenters. The van der Waals surface area contributed by atoms with Crippen LogP contribution in [-0.4, -0.2) is 4.92 Å². The summed E-state index contributed by atoms with van der Waals surface area (Å²) in [6.07, 6.45) is 0. The lowest BCUT2D eigenvalue weighted by Crippen LogP contribution is -1.87. The number of nitro benzene ring substituents is 1. The fraction of sp³-hybridized carbons (Fsp3) is 0.250. The number of rotatable bonds is 1. The Morgan fingerprint density at radius 2 is 1.50 bits per heavy atom. The minimum Gasteiger partial charge on any atom is -0.258 e. The Morgan fingerprint density at radius 3 is 1.79 bits per heavy atom. The quantitative estimate of drug-likeness (QED) is 0.419. The van der Waals surface area contributed by atoms with Crippen LogP contribution in [0.4, 0.5) is 5.69 Å². The van der Waals surface area contributed by atoms with Gasteiger partial charge in [-0.2, -0.15) is 0 Å². The van der Waals surface area contributed by atoms with Crippen molar-refractivity contribution in [1.29, 1.82) is 0 Å². The molecule has 3 nitrogen and oxygen atoms in total. The van der Waals surface area contributed by atoms with E-state index in [1.165, 1.54) is 0 Å². The maximum Gasteiger partial charge on any atom is 0.272 e. The van der Waals surface area contributed by atoms with Crippen LogP contribution in [0.15, 0.2) is 12.1 Å². The zero-order valence-electron chi connectivity index (χ0n) is 7.55. The Hall–Kier alpha value is -0.510. The first-order valence-electron chi connectivity index (χ1n) is 3.81. The standard InChI is InChI=1S/C6H2Cl3NO2.C2H6/c7-4-1-3(10(11)12)2-5(8)6(4)9;1-2/h1-2H;1-2H3. The van der Waals surface area contributed by atoms with Crippen LogP contribution in [0.5, 0.6) is 0 Å². The zero-order chi connectivity index (χ0) is 11.3. The highest BCUT2D eigenvalue weighted by Crippen LogP contribution is 2.33. The second-order valence-electron chi connectivity index (χ2n) is 1.98.